The van der Waals surface area contributed by atoms with Gasteiger partial charge >= 0.3 is 6.18 Å². The predicted octanol–water partition coefficient (Wildman–Crippen LogP) is 4.54. The van der Waals surface area contributed by atoms with Crippen LogP contribution in [0.4, 0.5) is 13.2 Å². The van der Waals surface area contributed by atoms with Gasteiger partial charge in [-0.05, 0) is 48.6 Å². The summed E-state index contributed by atoms with van der Waals surface area (Å²) in [7, 11) is 0. The molecule has 0 bridgehead atoms. The summed E-state index contributed by atoms with van der Waals surface area (Å²) in [5.74, 6) is 0.773. The van der Waals surface area contributed by atoms with Gasteiger partial charge in [0.2, 0.25) is 5.91 Å². The van der Waals surface area contributed by atoms with E-state index in [0.29, 0.717) is 74.3 Å². The highest BCUT2D eigenvalue weighted by molar-refractivity contribution is 6.32. The lowest BCUT2D eigenvalue weighted by molar-refractivity contribution is -0.138. The average molecular weight is 470 g/mol. The van der Waals surface area contributed by atoms with Crippen LogP contribution in [0.3, 0.4) is 0 Å². The van der Waals surface area contributed by atoms with Crippen molar-refractivity contribution in [1.82, 2.24) is 5.32 Å². The molecule has 1 amide bonds. The largest absolute Gasteiger partial charge is 0.486 e. The molecule has 4 rings (SSSR count). The fourth-order valence-electron chi connectivity index (χ4n) is 4.16. The van der Waals surface area contributed by atoms with Crippen LogP contribution in [-0.2, 0) is 27.5 Å². The molecule has 0 atom stereocenters. The Morgan fingerprint density at radius 2 is 1.81 bits per heavy atom. The Hall–Kier alpha value is -2.45. The number of fused-ring (bicyclic) bond motifs is 1. The molecule has 0 radical (unpaired) electrons. The lowest BCUT2D eigenvalue weighted by Gasteiger charge is -2.36. The first-order valence-electron chi connectivity index (χ1n) is 10.4. The van der Waals surface area contributed by atoms with Crippen LogP contribution >= 0.6 is 11.6 Å². The summed E-state index contributed by atoms with van der Waals surface area (Å²) in [4.78, 5) is 13.3. The zero-order valence-corrected chi connectivity index (χ0v) is 18.0. The monoisotopic (exact) mass is 469 g/mol. The van der Waals surface area contributed by atoms with Crippen LogP contribution < -0.4 is 14.8 Å². The van der Waals surface area contributed by atoms with Crippen molar-refractivity contribution < 1.29 is 32.2 Å². The second kappa shape index (κ2) is 9.19. The zero-order valence-electron chi connectivity index (χ0n) is 17.3. The van der Waals surface area contributed by atoms with Gasteiger partial charge in [0, 0.05) is 19.8 Å². The highest BCUT2D eigenvalue weighted by Crippen LogP contribution is 2.40. The van der Waals surface area contributed by atoms with E-state index in [0.717, 1.165) is 17.7 Å². The Bertz CT molecular complexity index is 990. The molecule has 5 nitrogen and oxygen atoms in total. The van der Waals surface area contributed by atoms with E-state index >= 15 is 0 Å². The third-order valence-corrected chi connectivity index (χ3v) is 6.16. The van der Waals surface area contributed by atoms with Crippen molar-refractivity contribution in [2.75, 3.05) is 33.0 Å². The number of hydrogen-bond acceptors (Lipinski definition) is 4. The number of amides is 1. The number of ether oxygens (including phenoxy) is 3. The fourth-order valence-corrected chi connectivity index (χ4v) is 4.45. The first kappa shape index (κ1) is 22.7. The maximum Gasteiger partial charge on any atom is 0.416 e. The number of halogens is 4. The molecule has 2 aromatic rings. The molecule has 2 heterocycles. The smallest absolute Gasteiger partial charge is 0.416 e. The lowest BCUT2D eigenvalue weighted by Crippen LogP contribution is -2.48. The molecule has 1 N–H and O–H groups in total. The molecule has 2 aliphatic rings. The fraction of sp³-hybridized carbons (Fsp3) is 0.435. The summed E-state index contributed by atoms with van der Waals surface area (Å²) in [6, 6.07) is 8.61. The Kier molecular flexibility index (Phi) is 6.53. The van der Waals surface area contributed by atoms with Crippen LogP contribution in [0, 0.1) is 0 Å². The number of nitrogens with one attached hydrogen (secondary N) is 1. The molecule has 0 aromatic heterocycles. The van der Waals surface area contributed by atoms with E-state index in [-0.39, 0.29) is 5.91 Å². The van der Waals surface area contributed by atoms with Crippen LogP contribution in [-0.4, -0.2) is 38.9 Å². The van der Waals surface area contributed by atoms with Gasteiger partial charge in [-0.2, -0.15) is 13.2 Å². The zero-order chi connectivity index (χ0) is 22.8. The van der Waals surface area contributed by atoms with Crippen molar-refractivity contribution in [2.45, 2.75) is 30.9 Å². The molecule has 0 spiro atoms. The molecule has 1 fully saturated rings. The molecular formula is C23H23ClF3NO4. The predicted molar refractivity (Wildman–Crippen MR) is 112 cm³/mol. The molecular weight excluding hydrogens is 447 g/mol. The van der Waals surface area contributed by atoms with E-state index in [9.17, 15) is 18.0 Å². The number of alkyl halides is 3. The molecule has 0 aliphatic carbocycles. The topological polar surface area (TPSA) is 56.8 Å². The molecule has 2 aromatic carbocycles. The van der Waals surface area contributed by atoms with Gasteiger partial charge in [0.15, 0.2) is 11.5 Å². The maximum absolute atomic E-state index is 13.3. The minimum absolute atomic E-state index is 0.302. The Morgan fingerprint density at radius 1 is 1.06 bits per heavy atom. The van der Waals surface area contributed by atoms with Crippen molar-refractivity contribution in [1.29, 1.82) is 0 Å². The van der Waals surface area contributed by atoms with E-state index in [1.54, 1.807) is 12.1 Å². The SMILES string of the molecule is O=C(NCCc1cc(Cl)c2c(c1)OCCO2)C1(c2cccc(C(F)(F)F)c2)CCOCC1. The Morgan fingerprint density at radius 3 is 2.56 bits per heavy atom. The maximum atomic E-state index is 13.3. The number of carbonyl (C=O) groups is 1. The van der Waals surface area contributed by atoms with Gasteiger partial charge in [0.05, 0.1) is 16.0 Å². The van der Waals surface area contributed by atoms with Crippen LogP contribution in [0.5, 0.6) is 11.5 Å². The van der Waals surface area contributed by atoms with E-state index in [2.05, 4.69) is 5.32 Å². The highest BCUT2D eigenvalue weighted by Gasteiger charge is 2.43. The summed E-state index contributed by atoms with van der Waals surface area (Å²) >= 11 is 6.27. The molecule has 32 heavy (non-hydrogen) atoms. The van der Waals surface area contributed by atoms with Gasteiger partial charge in [-0.25, -0.2) is 0 Å². The minimum Gasteiger partial charge on any atom is -0.486 e. The van der Waals surface area contributed by atoms with Crippen LogP contribution in [0.15, 0.2) is 36.4 Å². The lowest BCUT2D eigenvalue weighted by atomic mass is 9.73. The van der Waals surface area contributed by atoms with Gasteiger partial charge in [0.25, 0.3) is 0 Å². The second-order valence-electron chi connectivity index (χ2n) is 7.88. The van der Waals surface area contributed by atoms with Crippen molar-refractivity contribution in [3.05, 3.63) is 58.1 Å². The first-order chi connectivity index (χ1) is 15.3. The quantitative estimate of drug-likeness (QED) is 0.698. The van der Waals surface area contributed by atoms with Crippen molar-refractivity contribution in [3.8, 4) is 11.5 Å². The molecule has 2 aliphatic heterocycles. The minimum atomic E-state index is -4.48. The summed E-state index contributed by atoms with van der Waals surface area (Å²) in [5, 5.41) is 3.35. The van der Waals surface area contributed by atoms with E-state index < -0.39 is 17.2 Å². The third-order valence-electron chi connectivity index (χ3n) is 5.88. The summed E-state index contributed by atoms with van der Waals surface area (Å²) in [5.41, 5.74) is -0.612. The number of benzene rings is 2. The summed E-state index contributed by atoms with van der Waals surface area (Å²) in [6.45, 7) is 1.79. The Labute approximate surface area is 188 Å². The van der Waals surface area contributed by atoms with Gasteiger partial charge in [-0.1, -0.05) is 29.8 Å². The van der Waals surface area contributed by atoms with Gasteiger partial charge in [0.1, 0.15) is 13.2 Å². The first-order valence-corrected chi connectivity index (χ1v) is 10.8. The van der Waals surface area contributed by atoms with Gasteiger partial charge in [-0.3, -0.25) is 4.79 Å². The van der Waals surface area contributed by atoms with E-state index in [1.807, 2.05) is 6.07 Å². The normalized spacial score (nSPS) is 17.6. The van der Waals surface area contributed by atoms with Crippen LogP contribution in [0.1, 0.15) is 29.5 Å². The Balaban J connectivity index is 1.49. The van der Waals surface area contributed by atoms with Crippen LogP contribution in [0.2, 0.25) is 5.02 Å². The average Bonchev–Trinajstić information content (AvgIpc) is 2.79. The number of carbonyl (C=O) groups excluding carboxylic acids is 1. The third kappa shape index (κ3) is 4.66. The number of rotatable bonds is 5. The van der Waals surface area contributed by atoms with Crippen molar-refractivity contribution in [2.24, 2.45) is 0 Å². The molecule has 0 saturated carbocycles. The van der Waals surface area contributed by atoms with E-state index in [4.69, 9.17) is 25.8 Å². The molecule has 0 unspecified atom stereocenters. The highest BCUT2D eigenvalue weighted by atomic mass is 35.5. The molecule has 9 heteroatoms. The van der Waals surface area contributed by atoms with Crippen molar-refractivity contribution >= 4 is 17.5 Å². The number of hydrogen-bond donors (Lipinski definition) is 1. The van der Waals surface area contributed by atoms with Crippen molar-refractivity contribution in [3.63, 3.8) is 0 Å². The van der Waals surface area contributed by atoms with E-state index in [1.165, 1.54) is 6.07 Å². The second-order valence-corrected chi connectivity index (χ2v) is 8.29. The van der Waals surface area contributed by atoms with Crippen LogP contribution in [0.25, 0.3) is 0 Å². The molecule has 172 valence electrons. The van der Waals surface area contributed by atoms with Gasteiger partial charge in [-0.15, -0.1) is 0 Å². The standard InChI is InChI=1S/C23H23ClF3NO4/c24-18-12-15(13-19-20(18)32-11-10-31-19)4-7-28-21(29)22(5-8-30-9-6-22)16-2-1-3-17(14-16)23(25,26)27/h1-3,12-14H,4-11H2,(H,28,29). The molecule has 1 saturated heterocycles. The van der Waals surface area contributed by atoms with Gasteiger partial charge < -0.3 is 19.5 Å². The summed E-state index contributed by atoms with van der Waals surface area (Å²) in [6.07, 6.45) is -3.36. The summed E-state index contributed by atoms with van der Waals surface area (Å²) < 4.78 is 56.2.